The molecule has 6 heteroatoms. The van der Waals surface area contributed by atoms with Crippen LogP contribution in [0.1, 0.15) is 47.8 Å². The van der Waals surface area contributed by atoms with Gasteiger partial charge in [0.05, 0.1) is 29.7 Å². The Bertz CT molecular complexity index is 883. The highest BCUT2D eigenvalue weighted by atomic mass is 16.2. The number of hydrogen-bond donors (Lipinski definition) is 0. The minimum atomic E-state index is 0.0493. The van der Waals surface area contributed by atoms with Crippen LogP contribution >= 0.6 is 0 Å². The second-order valence-corrected chi connectivity index (χ2v) is 6.79. The average molecular weight is 349 g/mol. The molecule has 1 amide bonds. The molecule has 0 aromatic carbocycles. The maximum atomic E-state index is 13.3. The third-order valence-electron chi connectivity index (χ3n) is 5.08. The van der Waals surface area contributed by atoms with Gasteiger partial charge in [-0.3, -0.25) is 9.78 Å². The fraction of sp³-hybridized carbons (Fsp3) is 0.350. The predicted molar refractivity (Wildman–Crippen MR) is 99.0 cm³/mol. The van der Waals surface area contributed by atoms with Crippen molar-refractivity contribution in [1.29, 1.82) is 0 Å². The smallest absolute Gasteiger partial charge is 0.257 e. The lowest BCUT2D eigenvalue weighted by Gasteiger charge is -2.30. The fourth-order valence-corrected chi connectivity index (χ4v) is 3.71. The van der Waals surface area contributed by atoms with Gasteiger partial charge in [-0.25, -0.2) is 4.68 Å². The van der Waals surface area contributed by atoms with Gasteiger partial charge in [0, 0.05) is 37.9 Å². The highest BCUT2D eigenvalue weighted by molar-refractivity contribution is 5.94. The molecule has 4 rings (SSSR count). The standard InChI is InChI=1S/C20H23N5O/c1-23-11-6-9-18(23)19-8-3-2-4-12-24(19)20(26)16-13-22-25(15-16)17-7-5-10-21-14-17/h5-7,9-11,13-15,19H,2-4,8,12H2,1H3. The maximum absolute atomic E-state index is 13.3. The van der Waals surface area contributed by atoms with Crippen molar-refractivity contribution in [2.24, 2.45) is 7.05 Å². The minimum Gasteiger partial charge on any atom is -0.353 e. The molecule has 1 unspecified atom stereocenters. The SMILES string of the molecule is Cn1cccc1C1CCCCCN1C(=O)c1cnn(-c2cccnc2)c1. The molecular weight excluding hydrogens is 326 g/mol. The first-order valence-corrected chi connectivity index (χ1v) is 9.11. The molecule has 134 valence electrons. The quantitative estimate of drug-likeness (QED) is 0.728. The number of aryl methyl sites for hydroxylation is 1. The third-order valence-corrected chi connectivity index (χ3v) is 5.08. The van der Waals surface area contributed by atoms with E-state index in [0.717, 1.165) is 31.5 Å². The number of pyridine rings is 1. The zero-order valence-corrected chi connectivity index (χ0v) is 15.0. The average Bonchev–Trinajstić information content (AvgIpc) is 3.26. The van der Waals surface area contributed by atoms with E-state index >= 15 is 0 Å². The van der Waals surface area contributed by atoms with Crippen LogP contribution < -0.4 is 0 Å². The highest BCUT2D eigenvalue weighted by Crippen LogP contribution is 2.31. The van der Waals surface area contributed by atoms with Gasteiger partial charge in [-0.2, -0.15) is 5.10 Å². The molecule has 0 aliphatic carbocycles. The summed E-state index contributed by atoms with van der Waals surface area (Å²) in [5.41, 5.74) is 2.66. The van der Waals surface area contributed by atoms with Gasteiger partial charge < -0.3 is 9.47 Å². The molecule has 1 atom stereocenters. The molecule has 1 saturated heterocycles. The van der Waals surface area contributed by atoms with Crippen LogP contribution in [0.4, 0.5) is 0 Å². The first-order chi connectivity index (χ1) is 12.7. The van der Waals surface area contributed by atoms with Gasteiger partial charge in [-0.1, -0.05) is 12.8 Å². The zero-order valence-electron chi connectivity index (χ0n) is 15.0. The van der Waals surface area contributed by atoms with E-state index in [1.54, 1.807) is 29.5 Å². The number of rotatable bonds is 3. The van der Waals surface area contributed by atoms with Crippen molar-refractivity contribution in [3.05, 3.63) is 66.5 Å². The van der Waals surface area contributed by atoms with E-state index in [0.29, 0.717) is 5.56 Å². The fourth-order valence-electron chi connectivity index (χ4n) is 3.71. The Kier molecular flexibility index (Phi) is 4.56. The normalized spacial score (nSPS) is 17.9. The first-order valence-electron chi connectivity index (χ1n) is 9.11. The van der Waals surface area contributed by atoms with Crippen molar-refractivity contribution in [2.75, 3.05) is 6.54 Å². The summed E-state index contributed by atoms with van der Waals surface area (Å²) in [6.07, 6.45) is 13.3. The Labute approximate surface area is 153 Å². The Hall–Kier alpha value is -2.89. The van der Waals surface area contributed by atoms with Gasteiger partial charge in [-0.15, -0.1) is 0 Å². The van der Waals surface area contributed by atoms with E-state index in [4.69, 9.17) is 0 Å². The highest BCUT2D eigenvalue weighted by Gasteiger charge is 2.29. The van der Waals surface area contributed by atoms with Crippen molar-refractivity contribution >= 4 is 5.91 Å². The summed E-state index contributed by atoms with van der Waals surface area (Å²) >= 11 is 0. The van der Waals surface area contributed by atoms with Crippen molar-refractivity contribution in [3.8, 4) is 5.69 Å². The Morgan fingerprint density at radius 3 is 2.85 bits per heavy atom. The van der Waals surface area contributed by atoms with Gasteiger partial charge in [0.1, 0.15) is 0 Å². The van der Waals surface area contributed by atoms with Crippen LogP contribution in [-0.2, 0) is 7.05 Å². The summed E-state index contributed by atoms with van der Waals surface area (Å²) in [6.45, 7) is 0.784. The molecule has 4 heterocycles. The molecule has 0 bridgehead atoms. The van der Waals surface area contributed by atoms with Crippen LogP contribution in [0.5, 0.6) is 0 Å². The molecule has 3 aromatic rings. The lowest BCUT2D eigenvalue weighted by molar-refractivity contribution is 0.0674. The summed E-state index contributed by atoms with van der Waals surface area (Å²) < 4.78 is 3.82. The van der Waals surface area contributed by atoms with E-state index < -0.39 is 0 Å². The van der Waals surface area contributed by atoms with Crippen molar-refractivity contribution in [1.82, 2.24) is 24.2 Å². The van der Waals surface area contributed by atoms with Crippen LogP contribution in [0.2, 0.25) is 0 Å². The van der Waals surface area contributed by atoms with Gasteiger partial charge in [0.25, 0.3) is 5.91 Å². The molecule has 0 saturated carbocycles. The van der Waals surface area contributed by atoms with Gasteiger partial charge >= 0.3 is 0 Å². The molecule has 1 aliphatic heterocycles. The summed E-state index contributed by atoms with van der Waals surface area (Å²) in [4.78, 5) is 19.4. The second kappa shape index (κ2) is 7.15. The number of aromatic nitrogens is 4. The Balaban J connectivity index is 1.63. The summed E-state index contributed by atoms with van der Waals surface area (Å²) in [5.74, 6) is 0.0493. The molecular formula is C20H23N5O. The van der Waals surface area contributed by atoms with E-state index in [9.17, 15) is 4.79 Å². The Morgan fingerprint density at radius 1 is 1.15 bits per heavy atom. The first kappa shape index (κ1) is 16.6. The molecule has 0 spiro atoms. The van der Waals surface area contributed by atoms with Crippen LogP contribution in [0, 0.1) is 0 Å². The van der Waals surface area contributed by atoms with E-state index in [1.165, 1.54) is 12.1 Å². The van der Waals surface area contributed by atoms with Crippen LogP contribution in [-0.4, -0.2) is 36.7 Å². The summed E-state index contributed by atoms with van der Waals surface area (Å²) in [5, 5.41) is 4.36. The summed E-state index contributed by atoms with van der Waals surface area (Å²) in [6, 6.07) is 8.07. The van der Waals surface area contributed by atoms with Gasteiger partial charge in [0.15, 0.2) is 0 Å². The number of nitrogens with zero attached hydrogens (tertiary/aromatic N) is 5. The summed E-state index contributed by atoms with van der Waals surface area (Å²) in [7, 11) is 2.04. The van der Waals surface area contributed by atoms with Crippen LogP contribution in [0.15, 0.2) is 55.2 Å². The molecule has 26 heavy (non-hydrogen) atoms. The number of hydrogen-bond acceptors (Lipinski definition) is 3. The Morgan fingerprint density at radius 2 is 2.08 bits per heavy atom. The molecule has 3 aromatic heterocycles. The number of likely N-dealkylation sites (tertiary alicyclic amines) is 1. The van der Waals surface area contributed by atoms with E-state index in [1.807, 2.05) is 36.3 Å². The number of amides is 1. The van der Waals surface area contributed by atoms with Crippen molar-refractivity contribution < 1.29 is 4.79 Å². The largest absolute Gasteiger partial charge is 0.353 e. The topological polar surface area (TPSA) is 56.0 Å². The maximum Gasteiger partial charge on any atom is 0.257 e. The van der Waals surface area contributed by atoms with Crippen molar-refractivity contribution in [2.45, 2.75) is 31.7 Å². The molecule has 1 aliphatic rings. The number of carbonyl (C=O) groups is 1. The minimum absolute atomic E-state index is 0.0493. The van der Waals surface area contributed by atoms with Crippen molar-refractivity contribution in [3.63, 3.8) is 0 Å². The van der Waals surface area contributed by atoms with Gasteiger partial charge in [0.2, 0.25) is 0 Å². The monoisotopic (exact) mass is 349 g/mol. The molecule has 6 nitrogen and oxygen atoms in total. The van der Waals surface area contributed by atoms with Gasteiger partial charge in [-0.05, 0) is 37.1 Å². The third kappa shape index (κ3) is 3.14. The zero-order chi connectivity index (χ0) is 17.9. The van der Waals surface area contributed by atoms with Crippen LogP contribution in [0.3, 0.4) is 0 Å². The van der Waals surface area contributed by atoms with Crippen LogP contribution in [0.25, 0.3) is 5.69 Å². The predicted octanol–water partition coefficient (Wildman–Crippen LogP) is 3.36. The molecule has 0 N–H and O–H groups in total. The van der Waals surface area contributed by atoms with E-state index in [2.05, 4.69) is 20.7 Å². The molecule has 0 radical (unpaired) electrons. The second-order valence-electron chi connectivity index (χ2n) is 6.79. The van der Waals surface area contributed by atoms with E-state index in [-0.39, 0.29) is 11.9 Å². The lowest BCUT2D eigenvalue weighted by Crippen LogP contribution is -2.35. The lowest BCUT2D eigenvalue weighted by atomic mass is 10.1. The molecule has 1 fully saturated rings. The number of carbonyl (C=O) groups excluding carboxylic acids is 1.